The molecule has 0 fully saturated rings. The SMILES string of the molecule is N/N=C\N(N)c1ccc(Cl)cc1-c1cc2n(c(=O)c1)C(c1ncc(-c3csc(C(N)=O)c3)[nH]1)CC2. The van der Waals surface area contributed by atoms with E-state index in [4.69, 9.17) is 29.0 Å². The average Bonchev–Trinajstić information content (AvgIpc) is 3.57. The van der Waals surface area contributed by atoms with Crippen molar-refractivity contribution in [1.29, 1.82) is 0 Å². The number of hydrazone groups is 1. The van der Waals surface area contributed by atoms with Crippen LogP contribution in [-0.2, 0) is 6.42 Å². The van der Waals surface area contributed by atoms with Gasteiger partial charge in [0.25, 0.3) is 11.5 Å². The number of carbonyl (C=O) groups excluding carboxylic acids is 1. The van der Waals surface area contributed by atoms with Gasteiger partial charge in [0.2, 0.25) is 0 Å². The van der Waals surface area contributed by atoms with E-state index in [9.17, 15) is 9.59 Å². The molecule has 1 aliphatic rings. The number of anilines is 1. The average molecular weight is 509 g/mol. The largest absolute Gasteiger partial charge is 0.365 e. The zero-order valence-electron chi connectivity index (χ0n) is 18.3. The highest BCUT2D eigenvalue weighted by Gasteiger charge is 2.28. The molecular weight excluding hydrogens is 488 g/mol. The number of pyridine rings is 1. The minimum Gasteiger partial charge on any atom is -0.365 e. The third kappa shape index (κ3) is 4.20. The number of imidazole rings is 1. The maximum atomic E-state index is 13.3. The second-order valence-corrected chi connectivity index (χ2v) is 9.43. The maximum absolute atomic E-state index is 13.3. The first kappa shape index (κ1) is 22.8. The number of fused-ring (bicyclic) bond motifs is 1. The number of aromatic amines is 1. The molecule has 10 nitrogen and oxygen atoms in total. The number of nitrogens with zero attached hydrogens (tertiary/aromatic N) is 4. The van der Waals surface area contributed by atoms with E-state index in [0.29, 0.717) is 45.4 Å². The van der Waals surface area contributed by atoms with E-state index in [2.05, 4.69) is 15.1 Å². The van der Waals surface area contributed by atoms with Gasteiger partial charge in [0.05, 0.1) is 28.5 Å². The van der Waals surface area contributed by atoms with Crippen molar-refractivity contribution in [2.45, 2.75) is 18.9 Å². The summed E-state index contributed by atoms with van der Waals surface area (Å²) in [5.74, 6) is 11.5. The van der Waals surface area contributed by atoms with Gasteiger partial charge >= 0.3 is 0 Å². The third-order valence-electron chi connectivity index (χ3n) is 5.94. The van der Waals surface area contributed by atoms with E-state index in [1.807, 2.05) is 11.4 Å². The Morgan fingerprint density at radius 3 is 2.86 bits per heavy atom. The smallest absolute Gasteiger partial charge is 0.258 e. The Balaban J connectivity index is 1.51. The van der Waals surface area contributed by atoms with Crippen molar-refractivity contribution in [3.8, 4) is 22.4 Å². The normalized spacial score (nSPS) is 15.0. The number of thiophene rings is 1. The number of nitrogens with two attached hydrogens (primary N) is 3. The van der Waals surface area contributed by atoms with Gasteiger partial charge in [-0.2, -0.15) is 5.10 Å². The number of rotatable bonds is 6. The van der Waals surface area contributed by atoms with Crippen LogP contribution < -0.4 is 28.0 Å². The number of halogens is 1. The summed E-state index contributed by atoms with van der Waals surface area (Å²) in [7, 11) is 0. The van der Waals surface area contributed by atoms with Crippen LogP contribution in [0.25, 0.3) is 22.4 Å². The van der Waals surface area contributed by atoms with Gasteiger partial charge < -0.3 is 21.1 Å². The highest BCUT2D eigenvalue weighted by atomic mass is 35.5. The monoisotopic (exact) mass is 508 g/mol. The quantitative estimate of drug-likeness (QED) is 0.135. The van der Waals surface area contributed by atoms with E-state index in [1.165, 1.54) is 22.7 Å². The Morgan fingerprint density at radius 1 is 1.29 bits per heavy atom. The first-order valence-corrected chi connectivity index (χ1v) is 11.9. The Hall–Kier alpha value is -3.93. The summed E-state index contributed by atoms with van der Waals surface area (Å²) in [5, 5.41) is 7.10. The summed E-state index contributed by atoms with van der Waals surface area (Å²) in [6.07, 6.45) is 4.39. The molecule has 0 aliphatic carbocycles. The number of hydrazine groups is 1. The fourth-order valence-corrected chi connectivity index (χ4v) is 5.30. The number of amides is 1. The zero-order valence-corrected chi connectivity index (χ0v) is 19.9. The van der Waals surface area contributed by atoms with Gasteiger partial charge in [-0.3, -0.25) is 14.6 Å². The van der Waals surface area contributed by atoms with Crippen LogP contribution in [0.3, 0.4) is 0 Å². The number of H-pyrrole nitrogens is 1. The lowest BCUT2D eigenvalue weighted by atomic mass is 10.0. The highest BCUT2D eigenvalue weighted by Crippen LogP contribution is 2.36. The minimum atomic E-state index is -0.469. The maximum Gasteiger partial charge on any atom is 0.258 e. The lowest BCUT2D eigenvalue weighted by Crippen LogP contribution is -2.30. The molecule has 0 spiro atoms. The number of hydrogen-bond acceptors (Lipinski definition) is 7. The number of benzene rings is 1. The Labute approximate surface area is 208 Å². The van der Waals surface area contributed by atoms with Crippen LogP contribution in [0.4, 0.5) is 5.69 Å². The molecule has 1 unspecified atom stereocenters. The molecule has 0 radical (unpaired) electrons. The Kier molecular flexibility index (Phi) is 5.89. The molecule has 5 rings (SSSR count). The molecule has 4 aromatic rings. The molecule has 12 heteroatoms. The number of carbonyl (C=O) groups is 1. The number of hydrogen-bond donors (Lipinski definition) is 4. The van der Waals surface area contributed by atoms with Gasteiger partial charge in [-0.05, 0) is 48.7 Å². The van der Waals surface area contributed by atoms with Crippen molar-refractivity contribution in [2.24, 2.45) is 22.5 Å². The first-order valence-electron chi connectivity index (χ1n) is 10.6. The number of nitrogens with one attached hydrogen (secondary N) is 1. The number of primary amides is 1. The Bertz CT molecular complexity index is 1520. The molecule has 3 aromatic heterocycles. The topological polar surface area (TPSA) is 161 Å². The van der Waals surface area contributed by atoms with E-state index in [1.54, 1.807) is 41.1 Å². The van der Waals surface area contributed by atoms with Crippen LogP contribution in [0.5, 0.6) is 0 Å². The molecule has 1 atom stereocenters. The fraction of sp³-hybridized carbons (Fsp3) is 0.130. The molecule has 0 bridgehead atoms. The zero-order chi connectivity index (χ0) is 24.7. The summed E-state index contributed by atoms with van der Waals surface area (Å²) < 4.78 is 1.75. The number of aromatic nitrogens is 3. The van der Waals surface area contributed by atoms with Crippen molar-refractivity contribution < 1.29 is 4.79 Å². The molecular formula is C23H21ClN8O2S. The molecule has 0 saturated heterocycles. The van der Waals surface area contributed by atoms with Gasteiger partial charge in [-0.25, -0.2) is 10.8 Å². The van der Waals surface area contributed by atoms with Gasteiger partial charge in [-0.15, -0.1) is 11.3 Å². The lowest BCUT2D eigenvalue weighted by Gasteiger charge is -2.18. The van der Waals surface area contributed by atoms with Gasteiger partial charge in [0, 0.05) is 33.3 Å². The second-order valence-electron chi connectivity index (χ2n) is 8.08. The first-order chi connectivity index (χ1) is 16.9. The second kappa shape index (κ2) is 9.02. The van der Waals surface area contributed by atoms with Gasteiger partial charge in [0.15, 0.2) is 0 Å². The molecule has 7 N–H and O–H groups in total. The standard InChI is InChI=1S/C23H21ClN8O2S/c24-14-1-3-18(31(27)11-29-26)16(8-14)12-5-15-2-4-19(32(15)21(33)7-12)23-28-9-17(30-23)13-6-20(22(25)34)35-10-13/h1,3,5-11,19H,2,4,26-27H2,(H2,25,34)(H,28,30)/b29-11-. The van der Waals surface area contributed by atoms with Crippen LogP contribution in [-0.4, -0.2) is 26.8 Å². The van der Waals surface area contributed by atoms with Crippen LogP contribution in [0.2, 0.25) is 5.02 Å². The van der Waals surface area contributed by atoms with Crippen molar-refractivity contribution >= 4 is 40.9 Å². The van der Waals surface area contributed by atoms with E-state index in [0.717, 1.165) is 17.0 Å². The molecule has 178 valence electrons. The molecule has 1 amide bonds. The van der Waals surface area contributed by atoms with Crippen molar-refractivity contribution in [3.63, 3.8) is 0 Å². The third-order valence-corrected chi connectivity index (χ3v) is 7.12. The molecule has 0 saturated carbocycles. The summed E-state index contributed by atoms with van der Waals surface area (Å²) in [6.45, 7) is 0. The minimum absolute atomic E-state index is 0.161. The summed E-state index contributed by atoms with van der Waals surface area (Å²) in [4.78, 5) is 33.0. The summed E-state index contributed by atoms with van der Waals surface area (Å²) in [5.41, 5.74) is 9.64. The van der Waals surface area contributed by atoms with E-state index < -0.39 is 5.91 Å². The fourth-order valence-electron chi connectivity index (χ4n) is 4.37. The van der Waals surface area contributed by atoms with E-state index >= 15 is 0 Å². The molecule has 1 aromatic carbocycles. The van der Waals surface area contributed by atoms with Crippen LogP contribution in [0.15, 0.2) is 57.9 Å². The molecule has 35 heavy (non-hydrogen) atoms. The molecule has 4 heterocycles. The van der Waals surface area contributed by atoms with Crippen molar-refractivity contribution in [1.82, 2.24) is 14.5 Å². The summed E-state index contributed by atoms with van der Waals surface area (Å²) >= 11 is 7.52. The van der Waals surface area contributed by atoms with Crippen molar-refractivity contribution in [3.05, 3.63) is 79.7 Å². The van der Waals surface area contributed by atoms with Gasteiger partial charge in [-0.1, -0.05) is 11.6 Å². The van der Waals surface area contributed by atoms with Gasteiger partial charge in [0.1, 0.15) is 12.2 Å². The highest BCUT2D eigenvalue weighted by molar-refractivity contribution is 7.12. The van der Waals surface area contributed by atoms with Crippen LogP contribution in [0.1, 0.15) is 33.7 Å². The van der Waals surface area contributed by atoms with E-state index in [-0.39, 0.29) is 11.6 Å². The predicted octanol–water partition coefficient (Wildman–Crippen LogP) is 2.84. The summed E-state index contributed by atoms with van der Waals surface area (Å²) in [6, 6.07) is 10.2. The predicted molar refractivity (Wildman–Crippen MR) is 137 cm³/mol. The lowest BCUT2D eigenvalue weighted by molar-refractivity contribution is 0.100. The van der Waals surface area contributed by atoms with Crippen LogP contribution in [0, 0.1) is 0 Å². The number of aryl methyl sites for hydroxylation is 1. The van der Waals surface area contributed by atoms with Crippen molar-refractivity contribution in [2.75, 3.05) is 5.01 Å². The Morgan fingerprint density at radius 2 is 2.11 bits per heavy atom. The van der Waals surface area contributed by atoms with Crippen LogP contribution >= 0.6 is 22.9 Å². The molecule has 1 aliphatic heterocycles.